The smallest absolute Gasteiger partial charge is 0.123 e. The molecular formula is C10H11FS. The van der Waals surface area contributed by atoms with Crippen molar-refractivity contribution in [1.29, 1.82) is 0 Å². The number of hydrogen-bond acceptors (Lipinski definition) is 1. The first-order valence-corrected chi connectivity index (χ1v) is 4.41. The third kappa shape index (κ3) is 2.38. The molecule has 0 spiro atoms. The molecule has 0 unspecified atom stereocenters. The third-order valence-corrected chi connectivity index (χ3v) is 1.85. The summed E-state index contributed by atoms with van der Waals surface area (Å²) in [6, 6.07) is 4.76. The van der Waals surface area contributed by atoms with Crippen LogP contribution in [0.15, 0.2) is 24.3 Å². The summed E-state index contributed by atoms with van der Waals surface area (Å²) in [4.78, 5) is 0. The summed E-state index contributed by atoms with van der Waals surface area (Å²) < 4.78 is 12.7. The second-order valence-electron chi connectivity index (χ2n) is 2.59. The second-order valence-corrected chi connectivity index (χ2v) is 2.95. The summed E-state index contributed by atoms with van der Waals surface area (Å²) in [6.45, 7) is 1.96. The Bertz CT molecular complexity index is 292. The highest BCUT2D eigenvalue weighted by Crippen LogP contribution is 2.11. The van der Waals surface area contributed by atoms with Gasteiger partial charge in [0.25, 0.3) is 0 Å². The van der Waals surface area contributed by atoms with E-state index in [1.807, 2.05) is 19.1 Å². The standard InChI is InChI=1S/C10H11FS/c1-8-4-5-10(11)7-9(8)3-2-6-12/h2-5,7,12H,6H2,1H3. The van der Waals surface area contributed by atoms with Gasteiger partial charge in [-0.1, -0.05) is 18.2 Å². The average molecular weight is 182 g/mol. The lowest BCUT2D eigenvalue weighted by Gasteiger charge is -1.98. The molecule has 0 aromatic heterocycles. The molecule has 0 atom stereocenters. The maximum atomic E-state index is 12.7. The summed E-state index contributed by atoms with van der Waals surface area (Å²) in [5, 5.41) is 0. The number of benzene rings is 1. The molecule has 0 aliphatic carbocycles. The van der Waals surface area contributed by atoms with E-state index >= 15 is 0 Å². The first-order chi connectivity index (χ1) is 5.74. The Kier molecular flexibility index (Phi) is 3.35. The number of hydrogen-bond donors (Lipinski definition) is 1. The minimum atomic E-state index is -0.195. The Morgan fingerprint density at radius 3 is 2.92 bits per heavy atom. The molecule has 1 aromatic rings. The average Bonchev–Trinajstić information content (AvgIpc) is 2.07. The lowest BCUT2D eigenvalue weighted by molar-refractivity contribution is 0.627. The van der Waals surface area contributed by atoms with Gasteiger partial charge >= 0.3 is 0 Å². The molecular weight excluding hydrogens is 171 g/mol. The lowest BCUT2D eigenvalue weighted by Crippen LogP contribution is -1.82. The van der Waals surface area contributed by atoms with Crippen LogP contribution in [0.5, 0.6) is 0 Å². The van der Waals surface area contributed by atoms with Crippen LogP contribution < -0.4 is 0 Å². The van der Waals surface area contributed by atoms with E-state index in [2.05, 4.69) is 12.6 Å². The molecule has 0 bridgehead atoms. The zero-order valence-electron chi connectivity index (χ0n) is 6.92. The summed E-state index contributed by atoms with van der Waals surface area (Å²) in [5.74, 6) is 0.482. The van der Waals surface area contributed by atoms with Crippen LogP contribution in [0.25, 0.3) is 6.08 Å². The summed E-state index contributed by atoms with van der Waals surface area (Å²) >= 11 is 4.03. The van der Waals surface area contributed by atoms with Gasteiger partial charge in [-0.15, -0.1) is 0 Å². The fourth-order valence-corrected chi connectivity index (χ4v) is 1.08. The van der Waals surface area contributed by atoms with E-state index in [9.17, 15) is 4.39 Å². The van der Waals surface area contributed by atoms with Crippen LogP contribution in [0.3, 0.4) is 0 Å². The first kappa shape index (κ1) is 9.33. The van der Waals surface area contributed by atoms with E-state index in [0.717, 1.165) is 11.1 Å². The molecule has 1 rings (SSSR count). The van der Waals surface area contributed by atoms with Crippen molar-refractivity contribution in [2.24, 2.45) is 0 Å². The van der Waals surface area contributed by atoms with Crippen molar-refractivity contribution in [3.05, 3.63) is 41.2 Å². The van der Waals surface area contributed by atoms with Crippen LogP contribution >= 0.6 is 12.6 Å². The molecule has 0 N–H and O–H groups in total. The van der Waals surface area contributed by atoms with Gasteiger partial charge in [-0.3, -0.25) is 0 Å². The van der Waals surface area contributed by atoms with Crippen molar-refractivity contribution in [2.75, 3.05) is 5.75 Å². The van der Waals surface area contributed by atoms with Crippen LogP contribution in [0, 0.1) is 12.7 Å². The van der Waals surface area contributed by atoms with Crippen LogP contribution in [-0.4, -0.2) is 5.75 Å². The number of thiol groups is 1. The Labute approximate surface area is 77.5 Å². The zero-order chi connectivity index (χ0) is 8.97. The molecule has 12 heavy (non-hydrogen) atoms. The van der Waals surface area contributed by atoms with E-state index in [0.29, 0.717) is 5.75 Å². The number of aryl methyl sites for hydroxylation is 1. The van der Waals surface area contributed by atoms with E-state index in [1.54, 1.807) is 6.07 Å². The summed E-state index contributed by atoms with van der Waals surface area (Å²) in [7, 11) is 0. The van der Waals surface area contributed by atoms with Crippen LogP contribution in [0.1, 0.15) is 11.1 Å². The second kappa shape index (κ2) is 4.31. The van der Waals surface area contributed by atoms with Gasteiger partial charge in [0.1, 0.15) is 5.82 Å². The predicted octanol–water partition coefficient (Wildman–Crippen LogP) is 3.08. The Morgan fingerprint density at radius 2 is 2.25 bits per heavy atom. The van der Waals surface area contributed by atoms with Crippen molar-refractivity contribution in [2.45, 2.75) is 6.92 Å². The summed E-state index contributed by atoms with van der Waals surface area (Å²) in [6.07, 6.45) is 3.77. The number of halogens is 1. The fraction of sp³-hybridized carbons (Fsp3) is 0.200. The quantitative estimate of drug-likeness (QED) is 0.668. The Balaban J connectivity index is 2.97. The minimum Gasteiger partial charge on any atom is -0.207 e. The van der Waals surface area contributed by atoms with Gasteiger partial charge in [-0.25, -0.2) is 4.39 Å². The van der Waals surface area contributed by atoms with Gasteiger partial charge in [0, 0.05) is 5.75 Å². The van der Waals surface area contributed by atoms with Crippen molar-refractivity contribution in [1.82, 2.24) is 0 Å². The molecule has 64 valence electrons. The maximum absolute atomic E-state index is 12.7. The van der Waals surface area contributed by atoms with Gasteiger partial charge < -0.3 is 0 Å². The zero-order valence-corrected chi connectivity index (χ0v) is 7.81. The fourth-order valence-electron chi connectivity index (χ4n) is 0.971. The Hall–Kier alpha value is -0.760. The van der Waals surface area contributed by atoms with Crippen molar-refractivity contribution in [3.8, 4) is 0 Å². The SMILES string of the molecule is Cc1ccc(F)cc1C=CCS. The molecule has 0 nitrogen and oxygen atoms in total. The van der Waals surface area contributed by atoms with Crippen molar-refractivity contribution in [3.63, 3.8) is 0 Å². The normalized spacial score (nSPS) is 10.9. The molecule has 2 heteroatoms. The number of rotatable bonds is 2. The van der Waals surface area contributed by atoms with E-state index in [-0.39, 0.29) is 5.82 Å². The molecule has 0 heterocycles. The largest absolute Gasteiger partial charge is 0.207 e. The molecule has 0 aliphatic heterocycles. The minimum absolute atomic E-state index is 0.195. The predicted molar refractivity (Wildman–Crippen MR) is 54.0 cm³/mol. The first-order valence-electron chi connectivity index (χ1n) is 3.77. The van der Waals surface area contributed by atoms with E-state index < -0.39 is 0 Å². The highest BCUT2D eigenvalue weighted by Gasteiger charge is 1.95. The van der Waals surface area contributed by atoms with E-state index in [1.165, 1.54) is 12.1 Å². The summed E-state index contributed by atoms with van der Waals surface area (Å²) in [5.41, 5.74) is 2.00. The van der Waals surface area contributed by atoms with Crippen LogP contribution in [0.4, 0.5) is 4.39 Å². The van der Waals surface area contributed by atoms with Gasteiger partial charge in [0.2, 0.25) is 0 Å². The molecule has 0 radical (unpaired) electrons. The van der Waals surface area contributed by atoms with E-state index in [4.69, 9.17) is 0 Å². The highest BCUT2D eigenvalue weighted by atomic mass is 32.1. The molecule has 0 saturated carbocycles. The maximum Gasteiger partial charge on any atom is 0.123 e. The van der Waals surface area contributed by atoms with Gasteiger partial charge in [0.05, 0.1) is 0 Å². The molecule has 1 aromatic carbocycles. The van der Waals surface area contributed by atoms with Gasteiger partial charge in [-0.05, 0) is 30.2 Å². The van der Waals surface area contributed by atoms with Crippen LogP contribution in [-0.2, 0) is 0 Å². The topological polar surface area (TPSA) is 0 Å². The molecule has 0 amide bonds. The van der Waals surface area contributed by atoms with Gasteiger partial charge in [0.15, 0.2) is 0 Å². The third-order valence-electron chi connectivity index (χ3n) is 1.64. The lowest BCUT2D eigenvalue weighted by atomic mass is 10.1. The highest BCUT2D eigenvalue weighted by molar-refractivity contribution is 7.80. The molecule has 0 fully saturated rings. The van der Waals surface area contributed by atoms with Crippen molar-refractivity contribution < 1.29 is 4.39 Å². The Morgan fingerprint density at radius 1 is 1.50 bits per heavy atom. The van der Waals surface area contributed by atoms with Crippen molar-refractivity contribution >= 4 is 18.7 Å². The molecule has 0 saturated heterocycles. The molecule has 0 aliphatic rings. The van der Waals surface area contributed by atoms with Gasteiger partial charge in [-0.2, -0.15) is 12.6 Å². The monoisotopic (exact) mass is 182 g/mol. The van der Waals surface area contributed by atoms with Crippen LogP contribution in [0.2, 0.25) is 0 Å².